The van der Waals surface area contributed by atoms with Crippen LogP contribution in [0.25, 0.3) is 0 Å². The monoisotopic (exact) mass is 494 g/mol. The molecule has 1 saturated heterocycles. The first-order chi connectivity index (χ1) is 17.8. The van der Waals surface area contributed by atoms with Crippen molar-refractivity contribution in [3.8, 4) is 11.5 Å². The molecule has 1 aliphatic carbocycles. The quantitative estimate of drug-likeness (QED) is 0.453. The summed E-state index contributed by atoms with van der Waals surface area (Å²) in [7, 11) is 1.76. The molecular formula is C30H42N2O4. The molecule has 36 heavy (non-hydrogen) atoms. The Kier molecular flexibility index (Phi) is 9.02. The molecule has 2 aromatic rings. The van der Waals surface area contributed by atoms with Gasteiger partial charge in [-0.3, -0.25) is 0 Å². The van der Waals surface area contributed by atoms with Crippen molar-refractivity contribution < 1.29 is 18.9 Å². The molecule has 2 aromatic carbocycles. The van der Waals surface area contributed by atoms with Crippen molar-refractivity contribution in [2.75, 3.05) is 51.4 Å². The molecule has 196 valence electrons. The van der Waals surface area contributed by atoms with Crippen LogP contribution in [0.1, 0.15) is 62.0 Å². The number of hydrogen-bond acceptors (Lipinski definition) is 6. The molecule has 2 heterocycles. The summed E-state index contributed by atoms with van der Waals surface area (Å²) in [5.74, 6) is 2.36. The first kappa shape index (κ1) is 25.4. The molecule has 2 aliphatic heterocycles. The smallest absolute Gasteiger partial charge is 0.142 e. The normalized spacial score (nSPS) is 22.6. The Balaban J connectivity index is 1.20. The number of fused-ring (bicyclic) bond motifs is 1. The molecule has 0 radical (unpaired) electrons. The van der Waals surface area contributed by atoms with E-state index < -0.39 is 0 Å². The fourth-order valence-corrected chi connectivity index (χ4v) is 5.80. The van der Waals surface area contributed by atoms with Crippen molar-refractivity contribution in [1.82, 2.24) is 5.32 Å². The highest BCUT2D eigenvalue weighted by Gasteiger charge is 2.28. The van der Waals surface area contributed by atoms with Crippen molar-refractivity contribution in [3.63, 3.8) is 0 Å². The minimum absolute atomic E-state index is 0.147. The van der Waals surface area contributed by atoms with Crippen LogP contribution in [-0.2, 0) is 16.1 Å². The van der Waals surface area contributed by atoms with Gasteiger partial charge in [-0.25, -0.2) is 0 Å². The van der Waals surface area contributed by atoms with Gasteiger partial charge in [-0.1, -0.05) is 24.6 Å². The van der Waals surface area contributed by atoms with Gasteiger partial charge in [0.05, 0.1) is 31.0 Å². The number of methoxy groups -OCH3 is 1. The van der Waals surface area contributed by atoms with Crippen LogP contribution in [0, 0.1) is 0 Å². The molecule has 0 spiro atoms. The van der Waals surface area contributed by atoms with Crippen LogP contribution in [0.4, 0.5) is 5.69 Å². The van der Waals surface area contributed by atoms with E-state index in [2.05, 4.69) is 52.7 Å². The maximum atomic E-state index is 6.54. The fraction of sp³-hybridized carbons (Fsp3) is 0.600. The van der Waals surface area contributed by atoms with Crippen LogP contribution >= 0.6 is 0 Å². The average molecular weight is 495 g/mol. The topological polar surface area (TPSA) is 52.2 Å². The largest absolute Gasteiger partial charge is 0.490 e. The lowest BCUT2D eigenvalue weighted by Crippen LogP contribution is -2.41. The van der Waals surface area contributed by atoms with E-state index in [0.29, 0.717) is 18.6 Å². The van der Waals surface area contributed by atoms with E-state index in [1.165, 1.54) is 48.9 Å². The molecule has 0 amide bonds. The summed E-state index contributed by atoms with van der Waals surface area (Å²) < 4.78 is 23.9. The van der Waals surface area contributed by atoms with Gasteiger partial charge in [0.15, 0.2) is 0 Å². The number of hydrogen-bond donors (Lipinski definition) is 1. The van der Waals surface area contributed by atoms with Crippen LogP contribution in [0.3, 0.4) is 0 Å². The van der Waals surface area contributed by atoms with Gasteiger partial charge in [-0.15, -0.1) is 0 Å². The molecule has 1 saturated carbocycles. The third kappa shape index (κ3) is 6.53. The standard InChI is InChI=1S/C30H42N2O4/c1-33-18-5-16-32-17-19-34-29-13-8-23(20-28(29)32)22-35-30-21-31-15-14-27(30)24-9-11-26(12-10-24)36-25-6-3-2-4-7-25/h8-13,20,25,27,30-31H,2-7,14-19,21-22H2,1H3/t27-,30+/m1/s1. The van der Waals surface area contributed by atoms with E-state index in [1.54, 1.807) is 7.11 Å². The maximum absolute atomic E-state index is 6.54. The summed E-state index contributed by atoms with van der Waals surface area (Å²) in [6.45, 7) is 5.90. The van der Waals surface area contributed by atoms with Crippen LogP contribution in [0.15, 0.2) is 42.5 Å². The second-order valence-corrected chi connectivity index (χ2v) is 10.4. The van der Waals surface area contributed by atoms with Crippen LogP contribution in [-0.4, -0.2) is 58.7 Å². The summed E-state index contributed by atoms with van der Waals surface area (Å²) in [5, 5.41) is 3.53. The van der Waals surface area contributed by atoms with E-state index in [1.807, 2.05) is 0 Å². The third-order valence-electron chi connectivity index (χ3n) is 7.81. The number of nitrogens with zero attached hydrogens (tertiary/aromatic N) is 1. The van der Waals surface area contributed by atoms with E-state index in [9.17, 15) is 0 Å². The molecule has 1 N–H and O–H groups in total. The van der Waals surface area contributed by atoms with Gasteiger partial charge in [0.1, 0.15) is 18.1 Å². The highest BCUT2D eigenvalue weighted by molar-refractivity contribution is 5.61. The van der Waals surface area contributed by atoms with Crippen molar-refractivity contribution in [2.45, 2.75) is 69.7 Å². The number of rotatable bonds is 10. The Bertz CT molecular complexity index is 944. The summed E-state index contributed by atoms with van der Waals surface area (Å²) in [6, 6.07) is 15.3. The Morgan fingerprint density at radius 3 is 2.72 bits per heavy atom. The second kappa shape index (κ2) is 12.8. The zero-order valence-electron chi connectivity index (χ0n) is 21.8. The molecule has 0 bridgehead atoms. The molecule has 0 aromatic heterocycles. The van der Waals surface area contributed by atoms with Gasteiger partial charge < -0.3 is 29.2 Å². The summed E-state index contributed by atoms with van der Waals surface area (Å²) >= 11 is 0. The van der Waals surface area contributed by atoms with E-state index in [0.717, 1.165) is 63.7 Å². The average Bonchev–Trinajstić information content (AvgIpc) is 2.93. The lowest BCUT2D eigenvalue weighted by atomic mass is 9.87. The molecule has 6 nitrogen and oxygen atoms in total. The zero-order chi connectivity index (χ0) is 24.6. The first-order valence-electron chi connectivity index (χ1n) is 13.9. The Morgan fingerprint density at radius 2 is 1.89 bits per heavy atom. The summed E-state index contributed by atoms with van der Waals surface area (Å²) in [6.07, 6.45) is 8.93. The second-order valence-electron chi connectivity index (χ2n) is 10.4. The van der Waals surface area contributed by atoms with Gasteiger partial charge in [-0.2, -0.15) is 0 Å². The zero-order valence-corrected chi connectivity index (χ0v) is 21.8. The minimum atomic E-state index is 0.147. The molecule has 2 fully saturated rings. The van der Waals surface area contributed by atoms with E-state index in [4.69, 9.17) is 18.9 Å². The van der Waals surface area contributed by atoms with Gasteiger partial charge in [0.2, 0.25) is 0 Å². The van der Waals surface area contributed by atoms with Crippen LogP contribution < -0.4 is 19.7 Å². The maximum Gasteiger partial charge on any atom is 0.142 e. The number of nitrogens with one attached hydrogen (secondary N) is 1. The molecular weight excluding hydrogens is 452 g/mol. The summed E-state index contributed by atoms with van der Waals surface area (Å²) in [5.41, 5.74) is 3.71. The van der Waals surface area contributed by atoms with Crippen molar-refractivity contribution in [3.05, 3.63) is 53.6 Å². The van der Waals surface area contributed by atoms with Gasteiger partial charge >= 0.3 is 0 Å². The highest BCUT2D eigenvalue weighted by atomic mass is 16.5. The Hall–Kier alpha value is -2.28. The number of anilines is 1. The van der Waals surface area contributed by atoms with Crippen LogP contribution in [0.5, 0.6) is 11.5 Å². The van der Waals surface area contributed by atoms with Gasteiger partial charge in [0.25, 0.3) is 0 Å². The minimum Gasteiger partial charge on any atom is -0.490 e. The summed E-state index contributed by atoms with van der Waals surface area (Å²) in [4.78, 5) is 2.41. The Labute approximate surface area is 216 Å². The fourth-order valence-electron chi connectivity index (χ4n) is 5.80. The highest BCUT2D eigenvalue weighted by Crippen LogP contribution is 2.34. The molecule has 2 atom stereocenters. The predicted octanol–water partition coefficient (Wildman–Crippen LogP) is 5.30. The number of ether oxygens (including phenoxy) is 4. The molecule has 0 unspecified atom stereocenters. The lowest BCUT2D eigenvalue weighted by molar-refractivity contribution is 0.0106. The van der Waals surface area contributed by atoms with E-state index in [-0.39, 0.29) is 6.10 Å². The molecule has 5 rings (SSSR count). The third-order valence-corrected chi connectivity index (χ3v) is 7.81. The van der Waals surface area contributed by atoms with Gasteiger partial charge in [0, 0.05) is 32.7 Å². The molecule has 6 heteroatoms. The number of piperidine rings is 1. The van der Waals surface area contributed by atoms with Crippen molar-refractivity contribution in [1.29, 1.82) is 0 Å². The van der Waals surface area contributed by atoms with Crippen molar-refractivity contribution in [2.24, 2.45) is 0 Å². The predicted molar refractivity (Wildman–Crippen MR) is 143 cm³/mol. The lowest BCUT2D eigenvalue weighted by Gasteiger charge is -2.33. The Morgan fingerprint density at radius 1 is 1.03 bits per heavy atom. The van der Waals surface area contributed by atoms with Crippen molar-refractivity contribution >= 4 is 5.69 Å². The first-order valence-corrected chi connectivity index (χ1v) is 13.9. The SMILES string of the molecule is COCCCN1CCOc2ccc(CO[C@H]3CNCC[C@@H]3c3ccc(OC4CCCCC4)cc3)cc21. The van der Waals surface area contributed by atoms with Gasteiger partial charge in [-0.05, 0) is 80.5 Å². The molecule has 3 aliphatic rings. The van der Waals surface area contributed by atoms with Crippen LogP contribution in [0.2, 0.25) is 0 Å². The number of benzene rings is 2. The van der Waals surface area contributed by atoms with E-state index >= 15 is 0 Å².